The Bertz CT molecular complexity index is 673. The molecule has 4 nitrogen and oxygen atoms in total. The van der Waals surface area contributed by atoms with E-state index in [2.05, 4.69) is 79.9 Å². The molecule has 0 fully saturated rings. The minimum absolute atomic E-state index is 0.0600. The van der Waals surface area contributed by atoms with Crippen molar-refractivity contribution in [3.63, 3.8) is 0 Å². The Balaban J connectivity index is 2.95. The van der Waals surface area contributed by atoms with Gasteiger partial charge in [0.2, 0.25) is 0 Å². The van der Waals surface area contributed by atoms with Crippen LogP contribution in [-0.4, -0.2) is 47.2 Å². The molecule has 0 unspecified atom stereocenters. The van der Waals surface area contributed by atoms with Crippen molar-refractivity contribution < 1.29 is 18.7 Å². The molecule has 0 spiro atoms. The number of hydrogen-bond acceptors (Lipinski definition) is 4. The smallest absolute Gasteiger partial charge is 0.193 e. The van der Waals surface area contributed by atoms with Gasteiger partial charge in [-0.25, -0.2) is 0 Å². The Kier molecular flexibility index (Phi) is 10.4. The Morgan fingerprint density at radius 3 is 1.87 bits per heavy atom. The van der Waals surface area contributed by atoms with Crippen LogP contribution in [0.15, 0.2) is 42.5 Å². The minimum Gasteiger partial charge on any atom is -0.409 e. The van der Waals surface area contributed by atoms with Crippen molar-refractivity contribution >= 4 is 16.6 Å². The van der Waals surface area contributed by atoms with Gasteiger partial charge in [0.05, 0.1) is 32.0 Å². The summed E-state index contributed by atoms with van der Waals surface area (Å²) in [5.41, 5.74) is 1.15. The Labute approximate surface area is 193 Å². The molecule has 0 aliphatic heterocycles. The molecule has 0 saturated carbocycles. The summed E-state index contributed by atoms with van der Waals surface area (Å²) in [5, 5.41) is 10.4. The molecule has 0 aliphatic rings. The second kappa shape index (κ2) is 11.4. The number of hydrogen-bond donors (Lipinski definition) is 1. The molecule has 1 rings (SSSR count). The lowest BCUT2D eigenvalue weighted by atomic mass is 10.2. The van der Waals surface area contributed by atoms with Crippen LogP contribution in [0.3, 0.4) is 0 Å². The number of aliphatic hydroxyl groups excluding tert-OH is 1. The molecular weight excluding hydrogens is 420 g/mol. The highest BCUT2D eigenvalue weighted by Gasteiger charge is 2.44. The van der Waals surface area contributed by atoms with Gasteiger partial charge in [-0.1, -0.05) is 84.0 Å². The summed E-state index contributed by atoms with van der Waals surface area (Å²) in [7, 11) is -4.12. The molecule has 0 bridgehead atoms. The van der Waals surface area contributed by atoms with E-state index in [1.165, 1.54) is 0 Å². The lowest BCUT2D eigenvalue weighted by Gasteiger charge is -2.44. The standard InChI is InChI=1S/C25H46O4Si2/c1-24(2,3)30(7,8)28-22(23(19-26)29-31(9,10)25(4,5)6)17-14-18-27-20-21-15-12-11-13-16-21/h11-17,22-23,26H,18-20H2,1-10H3/b17-14+/t22-,23-/m0/s1. The second-order valence-corrected chi connectivity index (χ2v) is 20.9. The monoisotopic (exact) mass is 466 g/mol. The first-order chi connectivity index (χ1) is 14.1. The molecule has 0 saturated heterocycles. The van der Waals surface area contributed by atoms with Crippen molar-refractivity contribution in [3.05, 3.63) is 48.0 Å². The maximum atomic E-state index is 10.2. The summed E-state index contributed by atoms with van der Waals surface area (Å²) < 4.78 is 19.1. The molecule has 1 aromatic rings. The molecule has 6 heteroatoms. The lowest BCUT2D eigenvalue weighted by molar-refractivity contribution is 0.0226. The van der Waals surface area contributed by atoms with E-state index >= 15 is 0 Å². The fraction of sp³-hybridized carbons (Fsp3) is 0.680. The molecule has 0 aromatic heterocycles. The largest absolute Gasteiger partial charge is 0.409 e. The second-order valence-electron chi connectivity index (χ2n) is 11.4. The fourth-order valence-electron chi connectivity index (χ4n) is 2.53. The van der Waals surface area contributed by atoms with Crippen molar-refractivity contribution in [1.29, 1.82) is 0 Å². The van der Waals surface area contributed by atoms with Crippen molar-refractivity contribution in [2.45, 2.75) is 96.6 Å². The average Bonchev–Trinajstić information content (AvgIpc) is 2.64. The molecule has 0 heterocycles. The first kappa shape index (κ1) is 28.3. The zero-order valence-electron chi connectivity index (χ0n) is 21.5. The van der Waals surface area contributed by atoms with Gasteiger partial charge in [-0.2, -0.15) is 0 Å². The third kappa shape index (κ3) is 8.94. The molecular formula is C25H46O4Si2. The maximum Gasteiger partial charge on any atom is 0.193 e. The molecule has 0 radical (unpaired) electrons. The van der Waals surface area contributed by atoms with E-state index in [0.29, 0.717) is 13.2 Å². The van der Waals surface area contributed by atoms with Crippen LogP contribution in [0.25, 0.3) is 0 Å². The van der Waals surface area contributed by atoms with Crippen molar-refractivity contribution in [1.82, 2.24) is 0 Å². The van der Waals surface area contributed by atoms with Crippen LogP contribution in [0.4, 0.5) is 0 Å². The van der Waals surface area contributed by atoms with E-state index in [1.807, 2.05) is 30.4 Å². The van der Waals surface area contributed by atoms with Crippen LogP contribution in [0.1, 0.15) is 47.1 Å². The topological polar surface area (TPSA) is 47.9 Å². The Morgan fingerprint density at radius 1 is 0.871 bits per heavy atom. The Morgan fingerprint density at radius 2 is 1.39 bits per heavy atom. The first-order valence-electron chi connectivity index (χ1n) is 11.4. The van der Waals surface area contributed by atoms with Gasteiger partial charge in [-0.3, -0.25) is 0 Å². The molecule has 1 aromatic carbocycles. The van der Waals surface area contributed by atoms with E-state index < -0.39 is 16.6 Å². The van der Waals surface area contributed by atoms with Gasteiger partial charge >= 0.3 is 0 Å². The number of aliphatic hydroxyl groups is 1. The third-order valence-electron chi connectivity index (χ3n) is 6.69. The first-order valence-corrected chi connectivity index (χ1v) is 17.2. The number of ether oxygens (including phenoxy) is 1. The predicted molar refractivity (Wildman–Crippen MR) is 136 cm³/mol. The zero-order valence-corrected chi connectivity index (χ0v) is 23.5. The van der Waals surface area contributed by atoms with Crippen LogP contribution in [0.5, 0.6) is 0 Å². The highest BCUT2D eigenvalue weighted by molar-refractivity contribution is 6.74. The maximum absolute atomic E-state index is 10.2. The van der Waals surface area contributed by atoms with Crippen LogP contribution in [-0.2, 0) is 20.2 Å². The van der Waals surface area contributed by atoms with Gasteiger partial charge < -0.3 is 18.7 Å². The molecule has 178 valence electrons. The van der Waals surface area contributed by atoms with Gasteiger partial charge in [-0.15, -0.1) is 0 Å². The van der Waals surface area contributed by atoms with Crippen molar-refractivity contribution in [2.24, 2.45) is 0 Å². The summed E-state index contributed by atoms with van der Waals surface area (Å²) in [4.78, 5) is 0. The van der Waals surface area contributed by atoms with Crippen LogP contribution in [0, 0.1) is 0 Å². The van der Waals surface area contributed by atoms with E-state index in [1.54, 1.807) is 0 Å². The average molecular weight is 467 g/mol. The molecule has 2 atom stereocenters. The molecule has 0 amide bonds. The van der Waals surface area contributed by atoms with E-state index in [9.17, 15) is 5.11 Å². The summed E-state index contributed by atoms with van der Waals surface area (Å²) in [6, 6.07) is 10.1. The van der Waals surface area contributed by atoms with Crippen LogP contribution < -0.4 is 0 Å². The molecule has 31 heavy (non-hydrogen) atoms. The fourth-order valence-corrected chi connectivity index (χ4v) is 5.11. The van der Waals surface area contributed by atoms with Gasteiger partial charge in [0.1, 0.15) is 0 Å². The number of rotatable bonds is 11. The van der Waals surface area contributed by atoms with E-state index in [0.717, 1.165) is 5.56 Å². The number of benzene rings is 1. The summed E-state index contributed by atoms with van der Waals surface area (Å²) in [6.07, 6.45) is 3.33. The lowest BCUT2D eigenvalue weighted by Crippen LogP contribution is -2.52. The Hall–Kier alpha value is -0.766. The van der Waals surface area contributed by atoms with E-state index in [4.69, 9.17) is 13.6 Å². The minimum atomic E-state index is -2.06. The summed E-state index contributed by atoms with van der Waals surface area (Å²) in [6.45, 7) is 23.2. The normalized spacial score (nSPS) is 16.0. The van der Waals surface area contributed by atoms with Crippen LogP contribution in [0.2, 0.25) is 36.3 Å². The summed E-state index contributed by atoms with van der Waals surface area (Å²) in [5.74, 6) is 0. The van der Waals surface area contributed by atoms with Gasteiger partial charge in [0.25, 0.3) is 0 Å². The SMILES string of the molecule is CC(C)(C)[Si](C)(C)O[C@@H](/C=C/COCc1ccccc1)[C@H](CO)O[Si](C)(C)C(C)(C)C. The van der Waals surface area contributed by atoms with Gasteiger partial charge in [0.15, 0.2) is 16.6 Å². The molecule has 1 N–H and O–H groups in total. The zero-order chi connectivity index (χ0) is 23.9. The van der Waals surface area contributed by atoms with Crippen LogP contribution >= 0.6 is 0 Å². The molecule has 0 aliphatic carbocycles. The van der Waals surface area contributed by atoms with Crippen molar-refractivity contribution in [2.75, 3.05) is 13.2 Å². The van der Waals surface area contributed by atoms with Gasteiger partial charge in [0, 0.05) is 0 Å². The predicted octanol–water partition coefficient (Wildman–Crippen LogP) is 6.53. The third-order valence-corrected chi connectivity index (χ3v) is 15.7. The van der Waals surface area contributed by atoms with E-state index in [-0.39, 0.29) is 28.9 Å². The highest BCUT2D eigenvalue weighted by atomic mass is 28.4. The highest BCUT2D eigenvalue weighted by Crippen LogP contribution is 2.40. The van der Waals surface area contributed by atoms with Gasteiger partial charge in [-0.05, 0) is 41.8 Å². The van der Waals surface area contributed by atoms with Crippen molar-refractivity contribution in [3.8, 4) is 0 Å². The summed E-state index contributed by atoms with van der Waals surface area (Å²) >= 11 is 0. The quantitative estimate of drug-likeness (QED) is 0.229.